The average molecular weight is 576 g/mol. The fourth-order valence-electron chi connectivity index (χ4n) is 3.88. The number of anilines is 1. The van der Waals surface area contributed by atoms with E-state index in [1.165, 1.54) is 7.11 Å². The molecule has 0 fully saturated rings. The van der Waals surface area contributed by atoms with Crippen molar-refractivity contribution in [1.82, 2.24) is 15.3 Å². The van der Waals surface area contributed by atoms with Crippen LogP contribution in [0.1, 0.15) is 54.0 Å². The molecule has 0 aliphatic heterocycles. The lowest BCUT2D eigenvalue weighted by Crippen LogP contribution is -2.49. The summed E-state index contributed by atoms with van der Waals surface area (Å²) >= 11 is 5.99. The number of hydrogen-bond donors (Lipinski definition) is 3. The van der Waals surface area contributed by atoms with E-state index in [0.29, 0.717) is 16.1 Å². The van der Waals surface area contributed by atoms with Gasteiger partial charge in [-0.25, -0.2) is 14.8 Å². The smallest absolute Gasteiger partial charge is 0.451 e. The zero-order valence-corrected chi connectivity index (χ0v) is 23.0. The van der Waals surface area contributed by atoms with Crippen LogP contribution in [0.3, 0.4) is 0 Å². The summed E-state index contributed by atoms with van der Waals surface area (Å²) in [5.41, 5.74) is 0.364. The van der Waals surface area contributed by atoms with Gasteiger partial charge in [-0.2, -0.15) is 13.2 Å². The van der Waals surface area contributed by atoms with E-state index in [2.05, 4.69) is 20.6 Å². The maximum atomic E-state index is 13.5. The first-order valence-corrected chi connectivity index (χ1v) is 12.6. The topological polar surface area (TPSA) is 117 Å². The number of methoxy groups -OCH3 is 1. The van der Waals surface area contributed by atoms with E-state index in [1.54, 1.807) is 75.4 Å². The largest absolute Gasteiger partial charge is 0.467 e. The molecule has 3 rings (SSSR count). The number of rotatable bonds is 9. The number of hydrogen-bond acceptors (Lipinski definition) is 7. The molecule has 2 aromatic carbocycles. The van der Waals surface area contributed by atoms with Crippen LogP contribution >= 0.6 is 11.6 Å². The van der Waals surface area contributed by atoms with E-state index in [-0.39, 0.29) is 17.8 Å². The Morgan fingerprint density at radius 2 is 1.68 bits per heavy atom. The minimum atomic E-state index is -4.87. The summed E-state index contributed by atoms with van der Waals surface area (Å²) in [4.78, 5) is 32.5. The normalized spacial score (nSPS) is 13.2. The van der Waals surface area contributed by atoms with Crippen LogP contribution in [0.25, 0.3) is 0 Å². The van der Waals surface area contributed by atoms with Gasteiger partial charge in [-0.1, -0.05) is 74.8 Å². The number of ether oxygens (including phenoxy) is 1. The molecule has 3 N–H and O–H groups in total. The van der Waals surface area contributed by atoms with Crippen LogP contribution in [-0.2, 0) is 15.7 Å². The number of aromatic nitrogens is 2. The van der Waals surface area contributed by atoms with Gasteiger partial charge in [-0.05, 0) is 28.7 Å². The molecule has 0 radical (unpaired) electrons. The first-order valence-electron chi connectivity index (χ1n) is 12.2. The number of amides is 1. The number of esters is 1. The predicted molar refractivity (Wildman–Crippen MR) is 146 cm³/mol. The fourth-order valence-corrected chi connectivity index (χ4v) is 4.00. The molecule has 0 aliphatic carbocycles. The van der Waals surface area contributed by atoms with Crippen molar-refractivity contribution < 1.29 is 27.5 Å². The number of nitrogens with one attached hydrogen (secondary N) is 3. The lowest BCUT2D eigenvalue weighted by atomic mass is 9.86. The lowest BCUT2D eigenvalue weighted by Gasteiger charge is -2.29. The van der Waals surface area contributed by atoms with E-state index in [1.807, 2.05) is 0 Å². The van der Waals surface area contributed by atoms with Crippen LogP contribution in [0.4, 0.5) is 19.0 Å². The summed E-state index contributed by atoms with van der Waals surface area (Å²) < 4.78 is 45.3. The monoisotopic (exact) mass is 575 g/mol. The number of carbonyl (C=O) groups excluding carboxylic acids is 2. The standard InChI is InChI=1S/C28H29ClF3N5O3/c1-27(2,3)22(25(39)40-4)36-24(38)20-15-35-26(28(30,31)32)37-23(20)34-14-19(16-8-6-5-7-9-16)21(33)17-10-12-18(29)13-11-17/h5-13,15,19,22,33H,14H2,1-4H3,(H,36,38)(H,34,35,37). The number of alkyl halides is 3. The van der Waals surface area contributed by atoms with Gasteiger partial charge in [-0.15, -0.1) is 0 Å². The van der Waals surface area contributed by atoms with Crippen LogP contribution in [0, 0.1) is 10.8 Å². The van der Waals surface area contributed by atoms with Gasteiger partial charge >= 0.3 is 12.1 Å². The van der Waals surface area contributed by atoms with Crippen molar-refractivity contribution in [2.75, 3.05) is 19.0 Å². The molecule has 0 saturated heterocycles. The molecule has 40 heavy (non-hydrogen) atoms. The van der Waals surface area contributed by atoms with E-state index in [4.69, 9.17) is 21.7 Å². The van der Waals surface area contributed by atoms with Crippen molar-refractivity contribution in [2.24, 2.45) is 5.41 Å². The van der Waals surface area contributed by atoms with E-state index in [9.17, 15) is 22.8 Å². The minimum absolute atomic E-state index is 0.0836. The van der Waals surface area contributed by atoms with Crippen molar-refractivity contribution in [3.05, 3.63) is 88.3 Å². The second-order valence-corrected chi connectivity index (χ2v) is 10.5. The second-order valence-electron chi connectivity index (χ2n) is 10.0. The molecule has 1 heterocycles. The third-order valence-electron chi connectivity index (χ3n) is 6.04. The molecule has 2 atom stereocenters. The van der Waals surface area contributed by atoms with Gasteiger partial charge in [0, 0.05) is 29.4 Å². The Kier molecular flexibility index (Phi) is 9.52. The first-order chi connectivity index (χ1) is 18.7. The van der Waals surface area contributed by atoms with Crippen LogP contribution in [-0.4, -0.2) is 47.3 Å². The summed E-state index contributed by atoms with van der Waals surface area (Å²) in [6, 6.07) is 14.4. The minimum Gasteiger partial charge on any atom is -0.467 e. The van der Waals surface area contributed by atoms with Gasteiger partial charge in [0.2, 0.25) is 5.82 Å². The third-order valence-corrected chi connectivity index (χ3v) is 6.30. The quantitative estimate of drug-likeness (QED) is 0.222. The molecule has 8 nitrogen and oxygen atoms in total. The highest BCUT2D eigenvalue weighted by Crippen LogP contribution is 2.29. The van der Waals surface area contributed by atoms with Gasteiger partial charge in [0.1, 0.15) is 17.4 Å². The molecular formula is C28H29ClF3N5O3. The number of halogens is 4. The molecule has 0 spiro atoms. The molecule has 2 unspecified atom stereocenters. The summed E-state index contributed by atoms with van der Waals surface area (Å²) in [5.74, 6) is -4.08. The molecule has 212 valence electrons. The van der Waals surface area contributed by atoms with Crippen LogP contribution in [0.2, 0.25) is 5.02 Å². The summed E-state index contributed by atoms with van der Waals surface area (Å²) in [6.45, 7) is 5.01. The molecule has 1 amide bonds. The van der Waals surface area contributed by atoms with Gasteiger partial charge in [0.05, 0.1) is 7.11 Å². The van der Waals surface area contributed by atoms with E-state index < -0.39 is 47.1 Å². The maximum absolute atomic E-state index is 13.5. The zero-order chi connectivity index (χ0) is 29.7. The highest BCUT2D eigenvalue weighted by molar-refractivity contribution is 6.30. The summed E-state index contributed by atoms with van der Waals surface area (Å²) in [6.07, 6.45) is -4.12. The number of nitrogens with zero attached hydrogens (tertiary/aromatic N) is 2. The summed E-state index contributed by atoms with van der Waals surface area (Å²) in [7, 11) is 1.17. The van der Waals surface area contributed by atoms with Gasteiger partial charge in [0.25, 0.3) is 5.91 Å². The highest BCUT2D eigenvalue weighted by atomic mass is 35.5. The van der Waals surface area contributed by atoms with Crippen molar-refractivity contribution in [1.29, 1.82) is 5.41 Å². The zero-order valence-electron chi connectivity index (χ0n) is 22.3. The number of benzene rings is 2. The van der Waals surface area contributed by atoms with Gasteiger partial charge in [-0.3, -0.25) is 4.79 Å². The SMILES string of the molecule is COC(=O)C(NC(=O)c1cnc(C(F)(F)F)nc1NCC(C(=N)c1ccc(Cl)cc1)c1ccccc1)C(C)(C)C. The van der Waals surface area contributed by atoms with Crippen LogP contribution in [0.15, 0.2) is 60.8 Å². The molecule has 0 bridgehead atoms. The maximum Gasteiger partial charge on any atom is 0.451 e. The third kappa shape index (κ3) is 7.56. The Labute approximate surface area is 234 Å². The van der Waals surface area contributed by atoms with Crippen molar-refractivity contribution in [3.8, 4) is 0 Å². The van der Waals surface area contributed by atoms with Gasteiger partial charge in [0.15, 0.2) is 0 Å². The average Bonchev–Trinajstić information content (AvgIpc) is 2.91. The Balaban J connectivity index is 2.00. The van der Waals surface area contributed by atoms with Crippen LogP contribution < -0.4 is 10.6 Å². The van der Waals surface area contributed by atoms with Crippen molar-refractivity contribution >= 4 is 35.0 Å². The molecule has 0 saturated carbocycles. The first kappa shape index (κ1) is 30.6. The molecule has 0 aliphatic rings. The molecular weight excluding hydrogens is 547 g/mol. The van der Waals surface area contributed by atoms with E-state index >= 15 is 0 Å². The second kappa shape index (κ2) is 12.5. The molecule has 3 aromatic rings. The predicted octanol–water partition coefficient (Wildman–Crippen LogP) is 5.73. The van der Waals surface area contributed by atoms with Gasteiger partial charge < -0.3 is 20.8 Å². The number of carbonyl (C=O) groups is 2. The summed E-state index contributed by atoms with van der Waals surface area (Å²) in [5, 5.41) is 14.7. The molecule has 1 aromatic heterocycles. The van der Waals surface area contributed by atoms with Crippen molar-refractivity contribution in [2.45, 2.75) is 38.9 Å². The molecule has 12 heteroatoms. The fraction of sp³-hybridized carbons (Fsp3) is 0.321. The Morgan fingerprint density at radius 1 is 1.05 bits per heavy atom. The van der Waals surface area contributed by atoms with Crippen LogP contribution in [0.5, 0.6) is 0 Å². The Bertz CT molecular complexity index is 1360. The Morgan fingerprint density at radius 3 is 2.23 bits per heavy atom. The highest BCUT2D eigenvalue weighted by Gasteiger charge is 2.37. The Hall–Kier alpha value is -3.99. The lowest BCUT2D eigenvalue weighted by molar-refractivity contribution is -0.146. The van der Waals surface area contributed by atoms with E-state index in [0.717, 1.165) is 6.20 Å². The van der Waals surface area contributed by atoms with Crippen molar-refractivity contribution in [3.63, 3.8) is 0 Å².